The summed E-state index contributed by atoms with van der Waals surface area (Å²) in [6, 6.07) is 13.8. The lowest BCUT2D eigenvalue weighted by molar-refractivity contribution is 0.769. The summed E-state index contributed by atoms with van der Waals surface area (Å²) in [5.74, 6) is 2.66. The van der Waals surface area contributed by atoms with Gasteiger partial charge in [-0.05, 0) is 36.4 Å². The first-order chi connectivity index (χ1) is 12.8. The number of benzene rings is 1. The molecule has 0 amide bonds. The lowest BCUT2D eigenvalue weighted by Crippen LogP contribution is -2.39. The minimum Gasteiger partial charge on any atom is -0.356 e. The molecular formula is C18H22ClIN6S. The molecule has 2 heterocycles. The molecule has 0 atom stereocenters. The summed E-state index contributed by atoms with van der Waals surface area (Å²) in [5, 5.41) is 15.8. The van der Waals surface area contributed by atoms with Gasteiger partial charge in [0.25, 0.3) is 0 Å². The highest BCUT2D eigenvalue weighted by Gasteiger charge is 2.05. The third-order valence-corrected chi connectivity index (χ3v) is 4.99. The van der Waals surface area contributed by atoms with E-state index in [0.717, 1.165) is 47.7 Å². The molecule has 27 heavy (non-hydrogen) atoms. The zero-order valence-electron chi connectivity index (χ0n) is 14.9. The van der Waals surface area contributed by atoms with Crippen molar-refractivity contribution in [3.63, 3.8) is 0 Å². The number of nitrogens with zero attached hydrogens (tertiary/aromatic N) is 4. The number of hydrogen-bond acceptors (Lipinski definition) is 4. The smallest absolute Gasteiger partial charge is 0.191 e. The van der Waals surface area contributed by atoms with Crippen LogP contribution in [0.15, 0.2) is 58.5 Å². The van der Waals surface area contributed by atoms with Crippen LogP contribution in [0, 0.1) is 0 Å². The molecule has 0 bridgehead atoms. The summed E-state index contributed by atoms with van der Waals surface area (Å²) in [4.78, 5) is 5.46. The lowest BCUT2D eigenvalue weighted by atomic mass is 10.4. The van der Waals surface area contributed by atoms with Crippen LogP contribution in [0.2, 0.25) is 5.02 Å². The molecule has 2 aromatic heterocycles. The Hall–Kier alpha value is -1.52. The van der Waals surface area contributed by atoms with E-state index >= 15 is 0 Å². The first-order valence-corrected chi connectivity index (χ1v) is 9.74. The molecule has 0 spiro atoms. The van der Waals surface area contributed by atoms with Gasteiger partial charge in [-0.3, -0.25) is 9.39 Å². The van der Waals surface area contributed by atoms with Crippen LogP contribution in [0.25, 0.3) is 5.65 Å². The van der Waals surface area contributed by atoms with Crippen LogP contribution in [0.4, 0.5) is 0 Å². The molecule has 6 nitrogen and oxygen atoms in total. The van der Waals surface area contributed by atoms with Gasteiger partial charge in [-0.2, -0.15) is 0 Å². The van der Waals surface area contributed by atoms with Gasteiger partial charge < -0.3 is 10.6 Å². The molecule has 0 saturated heterocycles. The van der Waals surface area contributed by atoms with Crippen LogP contribution in [0.5, 0.6) is 0 Å². The second-order valence-electron chi connectivity index (χ2n) is 5.52. The van der Waals surface area contributed by atoms with E-state index in [1.165, 1.54) is 4.90 Å². The van der Waals surface area contributed by atoms with Gasteiger partial charge in [-0.1, -0.05) is 17.7 Å². The molecule has 144 valence electrons. The minimum absolute atomic E-state index is 0. The second-order valence-corrected chi connectivity index (χ2v) is 7.13. The molecule has 0 saturated carbocycles. The summed E-state index contributed by atoms with van der Waals surface area (Å²) in [6.07, 6.45) is 2.75. The van der Waals surface area contributed by atoms with Gasteiger partial charge in [0.05, 0.1) is 0 Å². The Bertz CT molecular complexity index is 868. The Morgan fingerprint density at radius 1 is 1.11 bits per heavy atom. The van der Waals surface area contributed by atoms with Gasteiger partial charge in [0.2, 0.25) is 0 Å². The highest BCUT2D eigenvalue weighted by atomic mass is 127. The van der Waals surface area contributed by atoms with Crippen LogP contribution < -0.4 is 10.6 Å². The number of aliphatic imine (C=N–C) groups is 1. The number of pyridine rings is 1. The van der Waals surface area contributed by atoms with Gasteiger partial charge >= 0.3 is 0 Å². The fraction of sp³-hybridized carbons (Fsp3) is 0.278. The van der Waals surface area contributed by atoms with Crippen LogP contribution >= 0.6 is 47.3 Å². The third-order valence-electron chi connectivity index (χ3n) is 3.73. The van der Waals surface area contributed by atoms with Crippen molar-refractivity contribution in [1.29, 1.82) is 0 Å². The van der Waals surface area contributed by atoms with Crippen molar-refractivity contribution in [2.75, 3.05) is 25.9 Å². The molecule has 0 aliphatic rings. The Morgan fingerprint density at radius 3 is 2.67 bits per heavy atom. The third kappa shape index (κ3) is 6.54. The fourth-order valence-electron chi connectivity index (χ4n) is 2.44. The molecule has 0 fully saturated rings. The lowest BCUT2D eigenvalue weighted by Gasteiger charge is -2.11. The summed E-state index contributed by atoms with van der Waals surface area (Å²) in [5.41, 5.74) is 0.865. The largest absolute Gasteiger partial charge is 0.356 e. The number of thioether (sulfide) groups is 1. The van der Waals surface area contributed by atoms with E-state index in [2.05, 4.69) is 25.8 Å². The first kappa shape index (κ1) is 21.8. The van der Waals surface area contributed by atoms with E-state index < -0.39 is 0 Å². The van der Waals surface area contributed by atoms with Gasteiger partial charge in [0.1, 0.15) is 5.82 Å². The maximum Gasteiger partial charge on any atom is 0.191 e. The predicted octanol–water partition coefficient (Wildman–Crippen LogP) is 3.50. The van der Waals surface area contributed by atoms with Crippen LogP contribution in [0.3, 0.4) is 0 Å². The topological polar surface area (TPSA) is 66.6 Å². The van der Waals surface area contributed by atoms with Crippen molar-refractivity contribution >= 4 is 58.9 Å². The van der Waals surface area contributed by atoms with E-state index in [9.17, 15) is 0 Å². The Labute approximate surface area is 185 Å². The van der Waals surface area contributed by atoms with E-state index in [4.69, 9.17) is 11.6 Å². The Morgan fingerprint density at radius 2 is 1.89 bits per heavy atom. The Kier molecular flexibility index (Phi) is 9.16. The van der Waals surface area contributed by atoms with Crippen molar-refractivity contribution < 1.29 is 0 Å². The molecule has 0 aliphatic heterocycles. The van der Waals surface area contributed by atoms with Gasteiger partial charge in [-0.25, -0.2) is 0 Å². The summed E-state index contributed by atoms with van der Waals surface area (Å²) in [7, 11) is 1.77. The second kappa shape index (κ2) is 11.4. The number of fused-ring (bicyclic) bond motifs is 1. The molecule has 3 rings (SSSR count). The number of rotatable bonds is 7. The molecular weight excluding hydrogens is 495 g/mol. The maximum absolute atomic E-state index is 5.90. The highest BCUT2D eigenvalue weighted by molar-refractivity contribution is 14.0. The van der Waals surface area contributed by atoms with E-state index in [1.807, 2.05) is 53.1 Å². The Balaban J connectivity index is 0.00000261. The average molecular weight is 517 g/mol. The predicted molar refractivity (Wildman–Crippen MR) is 124 cm³/mol. The molecule has 1 aromatic carbocycles. The molecule has 0 radical (unpaired) electrons. The number of aromatic nitrogens is 3. The van der Waals surface area contributed by atoms with E-state index in [0.29, 0.717) is 0 Å². The van der Waals surface area contributed by atoms with Crippen LogP contribution in [-0.2, 0) is 6.42 Å². The number of hydrogen-bond donors (Lipinski definition) is 2. The molecule has 2 N–H and O–H groups in total. The zero-order chi connectivity index (χ0) is 18.2. The van der Waals surface area contributed by atoms with Crippen molar-refractivity contribution in [1.82, 2.24) is 25.2 Å². The number of nitrogens with one attached hydrogen (secondary N) is 2. The zero-order valence-corrected chi connectivity index (χ0v) is 18.8. The monoisotopic (exact) mass is 516 g/mol. The maximum atomic E-state index is 5.90. The molecule has 0 unspecified atom stereocenters. The van der Waals surface area contributed by atoms with Gasteiger partial charge in [-0.15, -0.1) is 45.9 Å². The number of halogens is 2. The van der Waals surface area contributed by atoms with Crippen molar-refractivity contribution in [3.8, 4) is 0 Å². The minimum atomic E-state index is 0. The van der Waals surface area contributed by atoms with Gasteiger partial charge in [0.15, 0.2) is 11.6 Å². The van der Waals surface area contributed by atoms with Crippen LogP contribution in [0.1, 0.15) is 5.82 Å². The first-order valence-electron chi connectivity index (χ1n) is 8.38. The van der Waals surface area contributed by atoms with E-state index in [-0.39, 0.29) is 24.0 Å². The average Bonchev–Trinajstić information content (AvgIpc) is 3.08. The summed E-state index contributed by atoms with van der Waals surface area (Å²) >= 11 is 7.67. The molecule has 9 heteroatoms. The summed E-state index contributed by atoms with van der Waals surface area (Å²) < 4.78 is 2.00. The SMILES string of the molecule is CN=C(NCCSc1ccc(Cl)cc1)NCCc1nnc2ccccn12.I. The van der Waals surface area contributed by atoms with Crippen molar-refractivity contribution in [2.45, 2.75) is 11.3 Å². The molecule has 3 aromatic rings. The fourth-order valence-corrected chi connectivity index (χ4v) is 3.34. The van der Waals surface area contributed by atoms with Crippen LogP contribution in [-0.4, -0.2) is 46.4 Å². The number of guanidine groups is 1. The summed E-state index contributed by atoms with van der Waals surface area (Å²) in [6.45, 7) is 1.56. The van der Waals surface area contributed by atoms with Crippen molar-refractivity contribution in [2.24, 2.45) is 4.99 Å². The quantitative estimate of drug-likeness (QED) is 0.165. The highest BCUT2D eigenvalue weighted by Crippen LogP contribution is 2.19. The molecule has 0 aliphatic carbocycles. The van der Waals surface area contributed by atoms with Gasteiger partial charge in [0, 0.05) is 48.4 Å². The van der Waals surface area contributed by atoms with E-state index in [1.54, 1.807) is 18.8 Å². The standard InChI is InChI=1S/C18H21ClN6S.HI/c1-20-18(22-11-13-26-15-7-5-14(19)6-8-15)21-10-9-17-24-23-16-4-2-3-12-25(16)17;/h2-8,12H,9-11,13H2,1H3,(H2,20,21,22);1H. The normalized spacial score (nSPS) is 11.3. The van der Waals surface area contributed by atoms with Crippen molar-refractivity contribution in [3.05, 3.63) is 59.5 Å².